The van der Waals surface area contributed by atoms with Crippen LogP contribution >= 0.6 is 0 Å². The molecule has 4 rings (SSSR count). The molecule has 0 radical (unpaired) electrons. The number of hydrogen-bond acceptors (Lipinski definition) is 0. The first-order chi connectivity index (χ1) is 13.7. The van der Waals surface area contributed by atoms with Crippen LogP contribution in [0.25, 0.3) is 33.4 Å². The summed E-state index contributed by atoms with van der Waals surface area (Å²) in [5.41, 5.74) is 10.4. The van der Waals surface area contributed by atoms with Gasteiger partial charge in [-0.05, 0) is 76.1 Å². The summed E-state index contributed by atoms with van der Waals surface area (Å²) in [4.78, 5) is 0. The Balaban J connectivity index is 1.86. The highest BCUT2D eigenvalue weighted by molar-refractivity contribution is 5.81. The summed E-state index contributed by atoms with van der Waals surface area (Å²) >= 11 is 0. The quantitative estimate of drug-likeness (QED) is 0.338. The predicted molar refractivity (Wildman–Crippen MR) is 121 cm³/mol. The summed E-state index contributed by atoms with van der Waals surface area (Å²) in [6.45, 7) is 4.47. The Kier molecular flexibility index (Phi) is 5.39. The van der Waals surface area contributed by atoms with Crippen LogP contribution < -0.4 is 0 Å². The zero-order valence-corrected chi connectivity index (χ0v) is 16.7. The molecule has 0 fully saturated rings. The summed E-state index contributed by atoms with van der Waals surface area (Å²) in [5.74, 6) is 0. The first-order valence-corrected chi connectivity index (χ1v) is 10.1. The lowest BCUT2D eigenvalue weighted by atomic mass is 9.92. The molecule has 0 heteroatoms. The van der Waals surface area contributed by atoms with Crippen molar-refractivity contribution < 1.29 is 0 Å². The molecule has 0 aliphatic carbocycles. The average Bonchev–Trinajstić information content (AvgIpc) is 2.76. The number of aryl methyl sites for hydroxylation is 2. The van der Waals surface area contributed by atoms with Crippen LogP contribution in [-0.4, -0.2) is 0 Å². The fraction of sp³-hybridized carbons (Fsp3) is 0.143. The largest absolute Gasteiger partial charge is 0.0651 e. The number of rotatable bonds is 5. The lowest BCUT2D eigenvalue weighted by Crippen LogP contribution is -1.91. The zero-order valence-electron chi connectivity index (χ0n) is 16.7. The average molecular weight is 363 g/mol. The first kappa shape index (κ1) is 18.3. The molecular weight excluding hydrogens is 336 g/mol. The molecule has 0 bridgehead atoms. The van der Waals surface area contributed by atoms with Crippen molar-refractivity contribution in [3.05, 3.63) is 108 Å². The van der Waals surface area contributed by atoms with Gasteiger partial charge >= 0.3 is 0 Å². The molecule has 4 aromatic carbocycles. The van der Waals surface area contributed by atoms with E-state index in [1.165, 1.54) is 50.9 Å². The topological polar surface area (TPSA) is 0 Å². The van der Waals surface area contributed by atoms with E-state index >= 15 is 0 Å². The minimum absolute atomic E-state index is 1.14. The van der Waals surface area contributed by atoms with Crippen LogP contribution in [0.5, 0.6) is 0 Å². The third kappa shape index (κ3) is 3.92. The molecule has 0 saturated carbocycles. The maximum absolute atomic E-state index is 2.34. The predicted octanol–water partition coefficient (Wildman–Crippen LogP) is 7.95. The highest BCUT2D eigenvalue weighted by Gasteiger charge is 2.08. The van der Waals surface area contributed by atoms with Crippen LogP contribution in [0.2, 0.25) is 0 Å². The van der Waals surface area contributed by atoms with Gasteiger partial charge in [0.15, 0.2) is 0 Å². The third-order valence-corrected chi connectivity index (χ3v) is 5.34. The molecule has 28 heavy (non-hydrogen) atoms. The Hall–Kier alpha value is -3.12. The first-order valence-electron chi connectivity index (χ1n) is 10.1. The zero-order chi connectivity index (χ0) is 19.3. The minimum Gasteiger partial charge on any atom is -0.0651 e. The smallest absolute Gasteiger partial charge is 0.0172 e. The van der Waals surface area contributed by atoms with Gasteiger partial charge in [0.2, 0.25) is 0 Å². The summed E-state index contributed by atoms with van der Waals surface area (Å²) < 4.78 is 0. The highest BCUT2D eigenvalue weighted by atomic mass is 14.1. The third-order valence-electron chi connectivity index (χ3n) is 5.34. The molecule has 0 nitrogen and oxygen atoms in total. The van der Waals surface area contributed by atoms with E-state index < -0.39 is 0 Å². The van der Waals surface area contributed by atoms with Gasteiger partial charge in [-0.3, -0.25) is 0 Å². The van der Waals surface area contributed by atoms with Gasteiger partial charge in [-0.2, -0.15) is 0 Å². The van der Waals surface area contributed by atoms with Crippen molar-refractivity contribution in [1.82, 2.24) is 0 Å². The molecule has 138 valence electrons. The summed E-state index contributed by atoms with van der Waals surface area (Å²) in [5, 5.41) is 0. The SMILES string of the molecule is CCCc1ccc(-c2cc(-c3ccccc3)cc(-c3ccccc3)c2)cc1C. The van der Waals surface area contributed by atoms with Crippen LogP contribution in [0.4, 0.5) is 0 Å². The second kappa shape index (κ2) is 8.27. The molecule has 0 N–H and O–H groups in total. The molecule has 0 heterocycles. The molecule has 0 saturated heterocycles. The number of hydrogen-bond donors (Lipinski definition) is 0. The molecule has 4 aromatic rings. The fourth-order valence-corrected chi connectivity index (χ4v) is 3.81. The standard InChI is InChI=1S/C28H26/c1-3-10-22-15-16-25(17-21(22)2)28-19-26(23-11-6-4-7-12-23)18-27(20-28)24-13-8-5-9-14-24/h4-9,11-20H,3,10H2,1-2H3. The van der Waals surface area contributed by atoms with Crippen molar-refractivity contribution in [2.75, 3.05) is 0 Å². The van der Waals surface area contributed by atoms with Crippen molar-refractivity contribution >= 4 is 0 Å². The van der Waals surface area contributed by atoms with E-state index in [1.807, 2.05) is 0 Å². The molecule has 0 aromatic heterocycles. The van der Waals surface area contributed by atoms with Gasteiger partial charge in [0.1, 0.15) is 0 Å². The van der Waals surface area contributed by atoms with E-state index in [0.717, 1.165) is 6.42 Å². The lowest BCUT2D eigenvalue weighted by Gasteiger charge is -2.13. The molecule has 0 atom stereocenters. The van der Waals surface area contributed by atoms with E-state index in [2.05, 4.69) is 111 Å². The lowest BCUT2D eigenvalue weighted by molar-refractivity contribution is 0.913. The molecular formula is C28H26. The van der Waals surface area contributed by atoms with E-state index in [1.54, 1.807) is 0 Å². The minimum atomic E-state index is 1.14. The van der Waals surface area contributed by atoms with Crippen LogP contribution in [0.1, 0.15) is 24.5 Å². The number of benzene rings is 4. The maximum atomic E-state index is 2.34. The Bertz CT molecular complexity index is 1000. The fourth-order valence-electron chi connectivity index (χ4n) is 3.81. The van der Waals surface area contributed by atoms with Crippen molar-refractivity contribution in [2.45, 2.75) is 26.7 Å². The molecule has 0 amide bonds. The van der Waals surface area contributed by atoms with E-state index in [4.69, 9.17) is 0 Å². The second-order valence-corrected chi connectivity index (χ2v) is 7.42. The van der Waals surface area contributed by atoms with Crippen molar-refractivity contribution in [3.8, 4) is 33.4 Å². The van der Waals surface area contributed by atoms with E-state index in [9.17, 15) is 0 Å². The van der Waals surface area contributed by atoms with Gasteiger partial charge in [0.05, 0.1) is 0 Å². The molecule has 0 aliphatic rings. The Morgan fingerprint density at radius 3 is 1.46 bits per heavy atom. The van der Waals surface area contributed by atoms with Crippen LogP contribution in [0, 0.1) is 6.92 Å². The van der Waals surface area contributed by atoms with E-state index in [-0.39, 0.29) is 0 Å². The van der Waals surface area contributed by atoms with Crippen LogP contribution in [0.15, 0.2) is 97.1 Å². The van der Waals surface area contributed by atoms with Gasteiger partial charge in [0.25, 0.3) is 0 Å². The summed E-state index contributed by atoms with van der Waals surface area (Å²) in [6.07, 6.45) is 2.33. The van der Waals surface area contributed by atoms with Gasteiger partial charge in [-0.25, -0.2) is 0 Å². The Morgan fingerprint density at radius 2 is 1.00 bits per heavy atom. The van der Waals surface area contributed by atoms with Crippen LogP contribution in [-0.2, 0) is 6.42 Å². The highest BCUT2D eigenvalue weighted by Crippen LogP contribution is 2.33. The normalized spacial score (nSPS) is 10.8. The van der Waals surface area contributed by atoms with Gasteiger partial charge < -0.3 is 0 Å². The van der Waals surface area contributed by atoms with Crippen molar-refractivity contribution in [2.24, 2.45) is 0 Å². The molecule has 0 spiro atoms. The van der Waals surface area contributed by atoms with Crippen molar-refractivity contribution in [3.63, 3.8) is 0 Å². The maximum Gasteiger partial charge on any atom is -0.0172 e. The Morgan fingerprint density at radius 1 is 0.500 bits per heavy atom. The van der Waals surface area contributed by atoms with E-state index in [0.29, 0.717) is 0 Å². The van der Waals surface area contributed by atoms with Gasteiger partial charge in [-0.1, -0.05) is 92.2 Å². The van der Waals surface area contributed by atoms with Crippen molar-refractivity contribution in [1.29, 1.82) is 0 Å². The summed E-state index contributed by atoms with van der Waals surface area (Å²) in [6, 6.07) is 35.1. The Labute approximate surface area is 168 Å². The second-order valence-electron chi connectivity index (χ2n) is 7.42. The monoisotopic (exact) mass is 362 g/mol. The van der Waals surface area contributed by atoms with Crippen LogP contribution in [0.3, 0.4) is 0 Å². The molecule has 0 aliphatic heterocycles. The van der Waals surface area contributed by atoms with Gasteiger partial charge in [0, 0.05) is 0 Å². The molecule has 0 unspecified atom stereocenters. The van der Waals surface area contributed by atoms with Gasteiger partial charge in [-0.15, -0.1) is 0 Å². The summed E-state index contributed by atoms with van der Waals surface area (Å²) in [7, 11) is 0.